The predicted molar refractivity (Wildman–Crippen MR) is 67.9 cm³/mol. The molecule has 2 rings (SSSR count). The first-order valence-corrected chi connectivity index (χ1v) is 5.66. The highest BCUT2D eigenvalue weighted by molar-refractivity contribution is 5.46. The molecule has 0 fully saturated rings. The van der Waals surface area contributed by atoms with E-state index in [0.29, 0.717) is 0 Å². The summed E-state index contributed by atoms with van der Waals surface area (Å²) in [5.41, 5.74) is 2.74. The summed E-state index contributed by atoms with van der Waals surface area (Å²) in [6.45, 7) is 4.51. The lowest BCUT2D eigenvalue weighted by Gasteiger charge is -2.28. The number of para-hydroxylation sites is 1. The molecule has 0 radical (unpaired) electrons. The lowest BCUT2D eigenvalue weighted by molar-refractivity contribution is 0.400. The quantitative estimate of drug-likeness (QED) is 0.742. The van der Waals surface area contributed by atoms with Gasteiger partial charge in [-0.15, -0.1) is 0 Å². The number of hydrogen-bond acceptors (Lipinski definition) is 1. The summed E-state index contributed by atoms with van der Waals surface area (Å²) in [7, 11) is 1.73. The molecule has 0 unspecified atom stereocenters. The highest BCUT2D eigenvalue weighted by Crippen LogP contribution is 2.39. The molecule has 1 aliphatic rings. The van der Waals surface area contributed by atoms with Crippen LogP contribution in [0.15, 0.2) is 48.1 Å². The van der Waals surface area contributed by atoms with Crippen molar-refractivity contribution in [3.63, 3.8) is 0 Å². The molecule has 84 valence electrons. The van der Waals surface area contributed by atoms with E-state index in [0.717, 1.165) is 12.2 Å². The standard InChI is InChI=1S/C15H18O/c1-15(2,12-8-4-5-9-12)13-10-6-7-11-14(13)16-3/h4-8,10-11H,9H2,1-3H3. The van der Waals surface area contributed by atoms with Crippen LogP contribution in [0.1, 0.15) is 25.8 Å². The van der Waals surface area contributed by atoms with E-state index >= 15 is 0 Å². The van der Waals surface area contributed by atoms with Gasteiger partial charge in [0.1, 0.15) is 5.75 Å². The number of hydrogen-bond donors (Lipinski definition) is 0. The molecule has 0 spiro atoms. The van der Waals surface area contributed by atoms with Crippen LogP contribution in [0.25, 0.3) is 0 Å². The molecule has 1 aromatic rings. The molecule has 0 saturated heterocycles. The Morgan fingerprint density at radius 2 is 1.94 bits per heavy atom. The first-order valence-electron chi connectivity index (χ1n) is 5.66. The molecule has 16 heavy (non-hydrogen) atoms. The molecule has 1 heteroatoms. The Bertz CT molecular complexity index is 439. The van der Waals surface area contributed by atoms with Crippen molar-refractivity contribution in [1.82, 2.24) is 0 Å². The summed E-state index contributed by atoms with van der Waals surface area (Å²) >= 11 is 0. The van der Waals surface area contributed by atoms with Crippen molar-refractivity contribution in [3.8, 4) is 5.75 Å². The van der Waals surface area contributed by atoms with E-state index in [1.165, 1.54) is 11.1 Å². The van der Waals surface area contributed by atoms with Crippen molar-refractivity contribution in [2.24, 2.45) is 0 Å². The Kier molecular flexibility index (Phi) is 2.86. The van der Waals surface area contributed by atoms with E-state index in [-0.39, 0.29) is 5.41 Å². The number of allylic oxidation sites excluding steroid dienone is 4. The average molecular weight is 214 g/mol. The van der Waals surface area contributed by atoms with E-state index in [9.17, 15) is 0 Å². The van der Waals surface area contributed by atoms with Crippen LogP contribution in [0.3, 0.4) is 0 Å². The highest BCUT2D eigenvalue weighted by atomic mass is 16.5. The molecular formula is C15H18O. The van der Waals surface area contributed by atoms with Gasteiger partial charge in [0.2, 0.25) is 0 Å². The van der Waals surface area contributed by atoms with Gasteiger partial charge in [0.05, 0.1) is 7.11 Å². The van der Waals surface area contributed by atoms with Gasteiger partial charge in [0, 0.05) is 11.0 Å². The fourth-order valence-corrected chi connectivity index (χ4v) is 2.24. The molecule has 1 aromatic carbocycles. The van der Waals surface area contributed by atoms with Crippen molar-refractivity contribution in [2.75, 3.05) is 7.11 Å². The summed E-state index contributed by atoms with van der Waals surface area (Å²) in [5.74, 6) is 0.972. The smallest absolute Gasteiger partial charge is 0.122 e. The number of benzene rings is 1. The van der Waals surface area contributed by atoms with Crippen LogP contribution >= 0.6 is 0 Å². The second-order valence-electron chi connectivity index (χ2n) is 4.65. The Hall–Kier alpha value is -1.50. The maximum atomic E-state index is 5.44. The molecule has 0 atom stereocenters. The average Bonchev–Trinajstić information content (AvgIpc) is 2.83. The van der Waals surface area contributed by atoms with Crippen LogP contribution in [0.4, 0.5) is 0 Å². The van der Waals surface area contributed by atoms with Crippen LogP contribution in [0.5, 0.6) is 5.75 Å². The van der Waals surface area contributed by atoms with Crippen molar-refractivity contribution in [1.29, 1.82) is 0 Å². The number of rotatable bonds is 3. The van der Waals surface area contributed by atoms with Crippen LogP contribution in [0.2, 0.25) is 0 Å². The van der Waals surface area contributed by atoms with Gasteiger partial charge in [-0.05, 0) is 12.5 Å². The topological polar surface area (TPSA) is 9.23 Å². The summed E-state index contributed by atoms with van der Waals surface area (Å²) < 4.78 is 5.44. The van der Waals surface area contributed by atoms with E-state index in [1.54, 1.807) is 7.11 Å². The second kappa shape index (κ2) is 4.17. The number of ether oxygens (including phenoxy) is 1. The first-order chi connectivity index (χ1) is 7.66. The summed E-state index contributed by atoms with van der Waals surface area (Å²) in [6.07, 6.45) is 7.59. The van der Waals surface area contributed by atoms with Crippen molar-refractivity contribution < 1.29 is 4.74 Å². The summed E-state index contributed by atoms with van der Waals surface area (Å²) in [6, 6.07) is 8.26. The minimum atomic E-state index is 0.0378. The van der Waals surface area contributed by atoms with Gasteiger partial charge >= 0.3 is 0 Å². The van der Waals surface area contributed by atoms with Crippen molar-refractivity contribution in [3.05, 3.63) is 53.6 Å². The van der Waals surface area contributed by atoms with E-state index in [4.69, 9.17) is 4.74 Å². The third-order valence-electron chi connectivity index (χ3n) is 3.35. The fraction of sp³-hybridized carbons (Fsp3) is 0.333. The Morgan fingerprint density at radius 1 is 1.19 bits per heavy atom. The van der Waals surface area contributed by atoms with Gasteiger partial charge in [0.25, 0.3) is 0 Å². The molecule has 0 amide bonds. The first kappa shape index (κ1) is 11.0. The van der Waals surface area contributed by atoms with E-state index in [1.807, 2.05) is 12.1 Å². The van der Waals surface area contributed by atoms with E-state index < -0.39 is 0 Å². The molecule has 0 bridgehead atoms. The van der Waals surface area contributed by atoms with E-state index in [2.05, 4.69) is 44.2 Å². The normalized spacial score (nSPS) is 15.1. The predicted octanol–water partition coefficient (Wildman–Crippen LogP) is 3.86. The summed E-state index contributed by atoms with van der Waals surface area (Å²) in [4.78, 5) is 0. The third kappa shape index (κ3) is 1.78. The fourth-order valence-electron chi connectivity index (χ4n) is 2.24. The van der Waals surface area contributed by atoms with Gasteiger partial charge in [-0.1, -0.05) is 55.8 Å². The minimum Gasteiger partial charge on any atom is -0.496 e. The maximum absolute atomic E-state index is 5.44. The Balaban J connectivity index is 2.42. The minimum absolute atomic E-state index is 0.0378. The van der Waals surface area contributed by atoms with Crippen LogP contribution in [0, 0.1) is 0 Å². The molecule has 1 nitrogen and oxygen atoms in total. The van der Waals surface area contributed by atoms with Crippen LogP contribution < -0.4 is 4.74 Å². The highest BCUT2D eigenvalue weighted by Gasteiger charge is 2.28. The largest absolute Gasteiger partial charge is 0.496 e. The van der Waals surface area contributed by atoms with Gasteiger partial charge in [-0.25, -0.2) is 0 Å². The van der Waals surface area contributed by atoms with Crippen molar-refractivity contribution >= 4 is 0 Å². The molecule has 0 saturated carbocycles. The zero-order valence-corrected chi connectivity index (χ0v) is 10.2. The van der Waals surface area contributed by atoms with Crippen molar-refractivity contribution in [2.45, 2.75) is 25.7 Å². The molecular weight excluding hydrogens is 196 g/mol. The SMILES string of the molecule is COc1ccccc1C(C)(C)C1=CC=CC1. The lowest BCUT2D eigenvalue weighted by atomic mass is 9.76. The monoisotopic (exact) mass is 214 g/mol. The lowest BCUT2D eigenvalue weighted by Crippen LogP contribution is -2.20. The molecule has 1 aliphatic carbocycles. The molecule has 0 N–H and O–H groups in total. The molecule has 0 heterocycles. The van der Waals surface area contributed by atoms with Gasteiger partial charge < -0.3 is 4.74 Å². The van der Waals surface area contributed by atoms with Gasteiger partial charge in [0.15, 0.2) is 0 Å². The maximum Gasteiger partial charge on any atom is 0.122 e. The zero-order chi connectivity index (χ0) is 11.6. The van der Waals surface area contributed by atoms with Crippen LogP contribution in [-0.2, 0) is 5.41 Å². The number of methoxy groups -OCH3 is 1. The molecule has 0 aromatic heterocycles. The Labute approximate surface area is 97.4 Å². The zero-order valence-electron chi connectivity index (χ0n) is 10.2. The Morgan fingerprint density at radius 3 is 2.56 bits per heavy atom. The second-order valence-corrected chi connectivity index (χ2v) is 4.65. The van der Waals surface area contributed by atoms with Gasteiger partial charge in [-0.3, -0.25) is 0 Å². The van der Waals surface area contributed by atoms with Gasteiger partial charge in [-0.2, -0.15) is 0 Å². The third-order valence-corrected chi connectivity index (χ3v) is 3.35. The summed E-state index contributed by atoms with van der Waals surface area (Å²) in [5, 5.41) is 0. The van der Waals surface area contributed by atoms with Crippen LogP contribution in [-0.4, -0.2) is 7.11 Å². The molecule has 0 aliphatic heterocycles.